The third-order valence-electron chi connectivity index (χ3n) is 5.90. The summed E-state index contributed by atoms with van der Waals surface area (Å²) in [6, 6.07) is 4.44. The summed E-state index contributed by atoms with van der Waals surface area (Å²) in [4.78, 5) is 19.1. The van der Waals surface area contributed by atoms with Crippen molar-refractivity contribution in [3.8, 4) is 0 Å². The van der Waals surface area contributed by atoms with Gasteiger partial charge in [-0.25, -0.2) is 12.7 Å². The van der Waals surface area contributed by atoms with E-state index in [0.29, 0.717) is 37.4 Å². The minimum Gasteiger partial charge on any atom is -0.381 e. The smallest absolute Gasteiger partial charge is 0.270 e. The average molecular weight is 425 g/mol. The number of rotatable bonds is 7. The number of nitrogens with zero attached hydrogens (tertiary/aromatic N) is 3. The van der Waals surface area contributed by atoms with E-state index in [0.717, 1.165) is 51.0 Å². The van der Waals surface area contributed by atoms with E-state index in [1.807, 2.05) is 19.1 Å². The van der Waals surface area contributed by atoms with Crippen LogP contribution >= 0.6 is 0 Å². The van der Waals surface area contributed by atoms with Gasteiger partial charge in [0.2, 0.25) is 10.0 Å². The Morgan fingerprint density at radius 1 is 1.24 bits per heavy atom. The Bertz CT molecular complexity index is 787. The summed E-state index contributed by atoms with van der Waals surface area (Å²) < 4.78 is 30.7. The van der Waals surface area contributed by atoms with Gasteiger partial charge < -0.3 is 10.1 Å². The molecule has 0 saturated carbocycles. The largest absolute Gasteiger partial charge is 0.381 e. The van der Waals surface area contributed by atoms with Crippen molar-refractivity contribution < 1.29 is 17.9 Å². The second-order valence-corrected chi connectivity index (χ2v) is 9.88. The molecule has 0 bridgehead atoms. The summed E-state index contributed by atoms with van der Waals surface area (Å²) in [5.74, 6) is -0.151. The lowest BCUT2D eigenvalue weighted by Gasteiger charge is -2.43. The summed E-state index contributed by atoms with van der Waals surface area (Å²) in [6.07, 6.45) is 6.49. The second-order valence-electron chi connectivity index (χ2n) is 7.90. The molecule has 0 atom stereocenters. The number of hydrogen-bond donors (Lipinski definition) is 1. The number of sulfonamides is 1. The molecule has 1 N–H and O–H groups in total. The number of hydrogen-bond acceptors (Lipinski definition) is 6. The van der Waals surface area contributed by atoms with Crippen molar-refractivity contribution in [2.45, 2.75) is 44.7 Å². The van der Waals surface area contributed by atoms with Crippen LogP contribution in [0, 0.1) is 6.92 Å². The van der Waals surface area contributed by atoms with E-state index in [-0.39, 0.29) is 5.91 Å². The van der Waals surface area contributed by atoms with Crippen LogP contribution in [-0.4, -0.2) is 86.2 Å². The molecule has 0 spiro atoms. The van der Waals surface area contributed by atoms with Gasteiger partial charge in [-0.1, -0.05) is 6.07 Å². The molecule has 0 aromatic carbocycles. The molecule has 2 aliphatic rings. The Hall–Kier alpha value is -1.55. The van der Waals surface area contributed by atoms with Crippen molar-refractivity contribution in [2.75, 3.05) is 45.6 Å². The lowest BCUT2D eigenvalue weighted by molar-refractivity contribution is 0.00746. The highest BCUT2D eigenvalue weighted by atomic mass is 32.2. The maximum atomic E-state index is 12.5. The molecular weight excluding hydrogens is 392 g/mol. The number of nitrogens with one attached hydrogen (secondary N) is 1. The van der Waals surface area contributed by atoms with E-state index >= 15 is 0 Å². The predicted octanol–water partition coefficient (Wildman–Crippen LogP) is 1.02. The molecular formula is C20H32N4O4S. The summed E-state index contributed by atoms with van der Waals surface area (Å²) in [5.41, 5.74) is 1.33. The lowest BCUT2D eigenvalue weighted by Crippen LogP contribution is -2.53. The van der Waals surface area contributed by atoms with Gasteiger partial charge in [-0.15, -0.1) is 0 Å². The number of amides is 1. The molecule has 29 heavy (non-hydrogen) atoms. The Labute approximate surface area is 173 Å². The van der Waals surface area contributed by atoms with Crippen LogP contribution in [0.25, 0.3) is 0 Å². The number of carbonyl (C=O) groups is 1. The summed E-state index contributed by atoms with van der Waals surface area (Å²) in [5, 5.41) is 3.00. The Balaban J connectivity index is 1.59. The summed E-state index contributed by atoms with van der Waals surface area (Å²) in [7, 11) is -3.13. The number of aryl methyl sites for hydroxylation is 1. The van der Waals surface area contributed by atoms with Gasteiger partial charge in [0, 0.05) is 57.7 Å². The van der Waals surface area contributed by atoms with Crippen molar-refractivity contribution in [1.82, 2.24) is 19.5 Å². The fourth-order valence-corrected chi connectivity index (χ4v) is 5.17. The number of ether oxygens (including phenoxy) is 1. The first-order valence-corrected chi connectivity index (χ1v) is 12.2. The lowest BCUT2D eigenvalue weighted by atomic mass is 9.98. The molecule has 3 heterocycles. The number of pyridine rings is 1. The topological polar surface area (TPSA) is 91.8 Å². The highest BCUT2D eigenvalue weighted by Crippen LogP contribution is 2.24. The standard InChI is InChI=1S/C20H32N4O4S/c1-16-4-3-9-21-19(16)20(25)22-10-13-24(18-7-14-28-15-8-18)17-5-11-23(12-6-17)29(2,26)27/h3-4,9,17-18H,5-8,10-15H2,1-2H3,(H,22,25). The molecule has 8 nitrogen and oxygen atoms in total. The molecule has 2 saturated heterocycles. The first-order valence-electron chi connectivity index (χ1n) is 10.3. The van der Waals surface area contributed by atoms with Gasteiger partial charge in [-0.05, 0) is 44.2 Å². The van der Waals surface area contributed by atoms with E-state index in [4.69, 9.17) is 4.74 Å². The summed E-state index contributed by atoms with van der Waals surface area (Å²) >= 11 is 0. The van der Waals surface area contributed by atoms with E-state index in [1.165, 1.54) is 6.26 Å². The van der Waals surface area contributed by atoms with Crippen LogP contribution in [0.2, 0.25) is 0 Å². The zero-order chi connectivity index (χ0) is 20.9. The van der Waals surface area contributed by atoms with E-state index in [9.17, 15) is 13.2 Å². The Kier molecular flexibility index (Phi) is 7.61. The zero-order valence-corrected chi connectivity index (χ0v) is 18.2. The molecule has 2 fully saturated rings. The minimum atomic E-state index is -3.13. The van der Waals surface area contributed by atoms with Gasteiger partial charge in [0.1, 0.15) is 5.69 Å². The molecule has 0 unspecified atom stereocenters. The third-order valence-corrected chi connectivity index (χ3v) is 7.20. The van der Waals surface area contributed by atoms with Crippen LogP contribution in [-0.2, 0) is 14.8 Å². The van der Waals surface area contributed by atoms with Crippen LogP contribution < -0.4 is 5.32 Å². The molecule has 3 rings (SSSR count). The highest BCUT2D eigenvalue weighted by Gasteiger charge is 2.32. The Morgan fingerprint density at radius 2 is 1.90 bits per heavy atom. The fraction of sp³-hybridized carbons (Fsp3) is 0.700. The number of piperidine rings is 1. The molecule has 1 aromatic rings. The van der Waals surface area contributed by atoms with Gasteiger partial charge in [0.05, 0.1) is 6.26 Å². The number of aromatic nitrogens is 1. The van der Waals surface area contributed by atoms with Gasteiger partial charge in [0.15, 0.2) is 0 Å². The molecule has 0 radical (unpaired) electrons. The molecule has 1 amide bonds. The van der Waals surface area contributed by atoms with Crippen LogP contribution in [0.1, 0.15) is 41.7 Å². The predicted molar refractivity (Wildman–Crippen MR) is 111 cm³/mol. The minimum absolute atomic E-state index is 0.151. The first-order chi connectivity index (χ1) is 13.9. The Morgan fingerprint density at radius 3 is 2.52 bits per heavy atom. The normalized spacial score (nSPS) is 20.1. The quantitative estimate of drug-likeness (QED) is 0.703. The summed E-state index contributed by atoms with van der Waals surface area (Å²) in [6.45, 7) is 5.78. The van der Waals surface area contributed by atoms with Crippen LogP contribution in [0.5, 0.6) is 0 Å². The van der Waals surface area contributed by atoms with Gasteiger partial charge >= 0.3 is 0 Å². The molecule has 9 heteroatoms. The van der Waals surface area contributed by atoms with Crippen molar-refractivity contribution in [3.63, 3.8) is 0 Å². The van der Waals surface area contributed by atoms with Crippen LogP contribution in [0.15, 0.2) is 18.3 Å². The van der Waals surface area contributed by atoms with Gasteiger partial charge in [0.25, 0.3) is 5.91 Å². The maximum Gasteiger partial charge on any atom is 0.270 e. The molecule has 2 aliphatic heterocycles. The van der Waals surface area contributed by atoms with Crippen molar-refractivity contribution >= 4 is 15.9 Å². The maximum absolute atomic E-state index is 12.5. The van der Waals surface area contributed by atoms with E-state index < -0.39 is 10.0 Å². The molecule has 162 valence electrons. The fourth-order valence-electron chi connectivity index (χ4n) is 4.29. The van der Waals surface area contributed by atoms with Crippen molar-refractivity contribution in [2.24, 2.45) is 0 Å². The van der Waals surface area contributed by atoms with E-state index in [2.05, 4.69) is 15.2 Å². The van der Waals surface area contributed by atoms with Gasteiger partial charge in [-0.2, -0.15) is 0 Å². The van der Waals surface area contributed by atoms with Crippen LogP contribution in [0.3, 0.4) is 0 Å². The third kappa shape index (κ3) is 5.97. The van der Waals surface area contributed by atoms with Crippen molar-refractivity contribution in [1.29, 1.82) is 0 Å². The highest BCUT2D eigenvalue weighted by molar-refractivity contribution is 7.88. The van der Waals surface area contributed by atoms with Crippen molar-refractivity contribution in [3.05, 3.63) is 29.6 Å². The number of carbonyl (C=O) groups excluding carboxylic acids is 1. The van der Waals surface area contributed by atoms with Gasteiger partial charge in [-0.3, -0.25) is 14.7 Å². The molecule has 0 aliphatic carbocycles. The SMILES string of the molecule is Cc1cccnc1C(=O)NCCN(C1CCOCC1)C1CCN(S(C)(=O)=O)CC1. The van der Waals surface area contributed by atoms with Crippen LogP contribution in [0.4, 0.5) is 0 Å². The second kappa shape index (κ2) is 9.97. The average Bonchev–Trinajstić information content (AvgIpc) is 2.71. The zero-order valence-electron chi connectivity index (χ0n) is 17.3. The van der Waals surface area contributed by atoms with E-state index in [1.54, 1.807) is 10.5 Å². The molecule has 1 aromatic heterocycles. The first kappa shape index (κ1) is 22.1. The monoisotopic (exact) mass is 424 g/mol.